The summed E-state index contributed by atoms with van der Waals surface area (Å²) in [6.45, 7) is 0. The first kappa shape index (κ1) is 19.6. The number of rotatable bonds is 3. The van der Waals surface area contributed by atoms with E-state index in [0.717, 1.165) is 10.8 Å². The molecule has 0 heterocycles. The molecule has 0 spiro atoms. The van der Waals surface area contributed by atoms with Gasteiger partial charge in [0.2, 0.25) is 0 Å². The molecule has 0 bridgehead atoms. The molecule has 0 aromatic heterocycles. The lowest BCUT2D eigenvalue weighted by molar-refractivity contribution is 0.0653. The Balaban J connectivity index is 0.000000169. The minimum atomic E-state index is -1.23. The molecule has 3 N–H and O–H groups in total. The average molecular weight is 388 g/mol. The first-order valence-electron chi connectivity index (χ1n) is 8.59. The van der Waals surface area contributed by atoms with Crippen molar-refractivity contribution >= 4 is 39.5 Å². The molecule has 29 heavy (non-hydrogen) atoms. The summed E-state index contributed by atoms with van der Waals surface area (Å²) in [4.78, 5) is 32.8. The number of benzene rings is 4. The highest BCUT2D eigenvalue weighted by Gasteiger charge is 2.18. The zero-order valence-electron chi connectivity index (χ0n) is 15.1. The maximum absolute atomic E-state index is 11.1. The van der Waals surface area contributed by atoms with Gasteiger partial charge in [-0.15, -0.1) is 0 Å². The Bertz CT molecular complexity index is 1240. The van der Waals surface area contributed by atoms with E-state index in [2.05, 4.69) is 0 Å². The van der Waals surface area contributed by atoms with Gasteiger partial charge < -0.3 is 15.3 Å². The molecule has 0 saturated heterocycles. The number of carboxylic acid groups (broad SMARTS) is 3. The van der Waals surface area contributed by atoms with Gasteiger partial charge in [0.1, 0.15) is 0 Å². The van der Waals surface area contributed by atoms with E-state index < -0.39 is 17.9 Å². The first-order valence-corrected chi connectivity index (χ1v) is 8.59. The lowest BCUT2D eigenvalue weighted by Crippen LogP contribution is -2.08. The normalized spacial score (nSPS) is 10.2. The minimum Gasteiger partial charge on any atom is -0.478 e. The van der Waals surface area contributed by atoms with Gasteiger partial charge >= 0.3 is 17.9 Å². The third kappa shape index (κ3) is 4.06. The number of hydrogen-bond acceptors (Lipinski definition) is 3. The Labute approximate surface area is 165 Å². The van der Waals surface area contributed by atoms with Crippen LogP contribution in [0, 0.1) is 0 Å². The third-order valence-electron chi connectivity index (χ3n) is 4.39. The predicted molar refractivity (Wildman–Crippen MR) is 109 cm³/mol. The molecule has 6 nitrogen and oxygen atoms in total. The number of carboxylic acids is 3. The summed E-state index contributed by atoms with van der Waals surface area (Å²) in [5.41, 5.74) is 0.00917. The van der Waals surface area contributed by atoms with Gasteiger partial charge in [-0.2, -0.15) is 0 Å². The smallest absolute Gasteiger partial charge is 0.337 e. The Morgan fingerprint density at radius 2 is 1.00 bits per heavy atom. The molecule has 0 amide bonds. The third-order valence-corrected chi connectivity index (χ3v) is 4.39. The molecule has 0 radical (unpaired) electrons. The van der Waals surface area contributed by atoms with Crippen LogP contribution < -0.4 is 0 Å². The van der Waals surface area contributed by atoms with Crippen LogP contribution in [0.25, 0.3) is 21.5 Å². The van der Waals surface area contributed by atoms with Gasteiger partial charge in [0, 0.05) is 0 Å². The highest BCUT2D eigenvalue weighted by Crippen LogP contribution is 2.22. The van der Waals surface area contributed by atoms with Crippen molar-refractivity contribution in [1.82, 2.24) is 0 Å². The fraction of sp³-hybridized carbons (Fsp3) is 0. The van der Waals surface area contributed by atoms with Crippen molar-refractivity contribution < 1.29 is 29.7 Å². The van der Waals surface area contributed by atoms with Crippen molar-refractivity contribution in [3.8, 4) is 0 Å². The van der Waals surface area contributed by atoms with E-state index in [-0.39, 0.29) is 11.1 Å². The summed E-state index contributed by atoms with van der Waals surface area (Å²) in [6, 6.07) is 22.5. The number of fused-ring (bicyclic) bond motifs is 2. The van der Waals surface area contributed by atoms with Crippen molar-refractivity contribution in [3.63, 3.8) is 0 Å². The maximum Gasteiger partial charge on any atom is 0.337 e. The molecular formula is C23H16O6. The van der Waals surface area contributed by atoms with Gasteiger partial charge in [-0.25, -0.2) is 14.4 Å². The monoisotopic (exact) mass is 388 g/mol. The van der Waals surface area contributed by atoms with Crippen molar-refractivity contribution in [3.05, 3.63) is 95.6 Å². The van der Waals surface area contributed by atoms with Crippen LogP contribution in [0.2, 0.25) is 0 Å². The molecule has 0 aliphatic heterocycles. The maximum atomic E-state index is 11.1. The Morgan fingerprint density at radius 3 is 1.59 bits per heavy atom. The van der Waals surface area contributed by atoms with Crippen molar-refractivity contribution in [2.75, 3.05) is 0 Å². The highest BCUT2D eigenvalue weighted by atomic mass is 16.4. The Morgan fingerprint density at radius 1 is 0.483 bits per heavy atom. The van der Waals surface area contributed by atoms with E-state index in [4.69, 9.17) is 15.3 Å². The zero-order valence-corrected chi connectivity index (χ0v) is 15.1. The van der Waals surface area contributed by atoms with Crippen LogP contribution in [0.4, 0.5) is 0 Å². The molecule has 4 rings (SSSR count). The second-order valence-electron chi connectivity index (χ2n) is 6.15. The first-order chi connectivity index (χ1) is 13.9. The summed E-state index contributed by atoms with van der Waals surface area (Å²) in [5, 5.41) is 29.7. The van der Waals surface area contributed by atoms with Gasteiger partial charge in [-0.05, 0) is 33.7 Å². The van der Waals surface area contributed by atoms with Crippen LogP contribution in [-0.4, -0.2) is 33.2 Å². The van der Waals surface area contributed by atoms with Gasteiger partial charge in [0.05, 0.1) is 16.7 Å². The quantitative estimate of drug-likeness (QED) is 0.466. The molecule has 0 aliphatic rings. The lowest BCUT2D eigenvalue weighted by atomic mass is 9.99. The Hall–Kier alpha value is -4.19. The van der Waals surface area contributed by atoms with Crippen molar-refractivity contribution in [1.29, 1.82) is 0 Å². The molecule has 4 aromatic carbocycles. The summed E-state index contributed by atoms with van der Waals surface area (Å²) in [6.07, 6.45) is 0. The molecule has 6 heteroatoms. The summed E-state index contributed by atoms with van der Waals surface area (Å²) >= 11 is 0. The highest BCUT2D eigenvalue weighted by molar-refractivity contribution is 6.11. The van der Waals surface area contributed by atoms with E-state index >= 15 is 0 Å². The average Bonchev–Trinajstić information content (AvgIpc) is 2.72. The van der Waals surface area contributed by atoms with E-state index in [1.807, 2.05) is 30.3 Å². The predicted octanol–water partition coefficient (Wildman–Crippen LogP) is 4.77. The van der Waals surface area contributed by atoms with Crippen molar-refractivity contribution in [2.24, 2.45) is 0 Å². The van der Waals surface area contributed by atoms with Gasteiger partial charge in [0.15, 0.2) is 0 Å². The van der Waals surface area contributed by atoms with E-state index in [9.17, 15) is 14.4 Å². The standard InChI is InChI=1S/C12H8O4.C11H8O2/c13-11(14)9-6-5-7-3-1-2-4-8(7)10(9)12(15)16;12-11(13)10-7-3-5-8-4-1-2-6-9(8)10/h1-6H,(H,13,14)(H,15,16);1-7H,(H,12,13). The minimum absolute atomic E-state index is 0.161. The summed E-state index contributed by atoms with van der Waals surface area (Å²) in [5.74, 6) is -3.34. The van der Waals surface area contributed by atoms with Crippen LogP contribution in [0.1, 0.15) is 31.1 Å². The van der Waals surface area contributed by atoms with Crippen LogP contribution >= 0.6 is 0 Å². The Kier molecular flexibility index (Phi) is 5.55. The second-order valence-corrected chi connectivity index (χ2v) is 6.15. The van der Waals surface area contributed by atoms with Gasteiger partial charge in [-0.1, -0.05) is 66.7 Å². The van der Waals surface area contributed by atoms with E-state index in [1.54, 1.807) is 42.5 Å². The van der Waals surface area contributed by atoms with E-state index in [0.29, 0.717) is 16.3 Å². The van der Waals surface area contributed by atoms with Crippen LogP contribution in [0.3, 0.4) is 0 Å². The number of hydrogen-bond donors (Lipinski definition) is 3. The summed E-state index contributed by atoms with van der Waals surface area (Å²) < 4.78 is 0. The van der Waals surface area contributed by atoms with Crippen LogP contribution in [0.5, 0.6) is 0 Å². The fourth-order valence-corrected chi connectivity index (χ4v) is 3.09. The molecule has 0 fully saturated rings. The summed E-state index contributed by atoms with van der Waals surface area (Å²) in [7, 11) is 0. The molecular weight excluding hydrogens is 372 g/mol. The van der Waals surface area contributed by atoms with E-state index in [1.165, 1.54) is 6.07 Å². The van der Waals surface area contributed by atoms with Crippen LogP contribution in [0.15, 0.2) is 78.9 Å². The SMILES string of the molecule is O=C(O)c1ccc2ccccc2c1C(=O)O.O=C(O)c1cccc2ccccc12. The topological polar surface area (TPSA) is 112 Å². The molecule has 0 unspecified atom stereocenters. The van der Waals surface area contributed by atoms with Gasteiger partial charge in [-0.3, -0.25) is 0 Å². The zero-order chi connectivity index (χ0) is 21.0. The second kappa shape index (κ2) is 8.22. The van der Waals surface area contributed by atoms with Gasteiger partial charge in [0.25, 0.3) is 0 Å². The number of aromatic carboxylic acids is 3. The molecule has 4 aromatic rings. The van der Waals surface area contributed by atoms with Crippen LogP contribution in [-0.2, 0) is 0 Å². The fourth-order valence-electron chi connectivity index (χ4n) is 3.09. The van der Waals surface area contributed by atoms with Crippen molar-refractivity contribution in [2.45, 2.75) is 0 Å². The molecule has 0 saturated carbocycles. The molecule has 0 aliphatic carbocycles. The number of carbonyl (C=O) groups is 3. The molecule has 144 valence electrons. The largest absolute Gasteiger partial charge is 0.478 e. The molecule has 0 atom stereocenters. The lowest BCUT2D eigenvalue weighted by Gasteiger charge is -2.05.